The lowest BCUT2D eigenvalue weighted by atomic mass is 10.2. The Bertz CT molecular complexity index is 667. The van der Waals surface area contributed by atoms with Crippen molar-refractivity contribution < 1.29 is 9.26 Å². The lowest BCUT2D eigenvalue weighted by Gasteiger charge is -2.33. The Morgan fingerprint density at radius 2 is 1.92 bits per heavy atom. The number of hydrogen-bond acceptors (Lipinski definition) is 7. The minimum Gasteiger partial charge on any atom is -0.399 e. The van der Waals surface area contributed by atoms with E-state index < -0.39 is 0 Å². The van der Waals surface area contributed by atoms with E-state index in [9.17, 15) is 0 Å². The van der Waals surface area contributed by atoms with Crippen LogP contribution in [0.5, 0.6) is 0 Å². The summed E-state index contributed by atoms with van der Waals surface area (Å²) in [7, 11) is 0. The lowest BCUT2D eigenvalue weighted by Crippen LogP contribution is -2.45. The van der Waals surface area contributed by atoms with Crippen molar-refractivity contribution in [3.05, 3.63) is 41.5 Å². The maximum atomic E-state index is 5.85. The third kappa shape index (κ3) is 5.01. The van der Waals surface area contributed by atoms with Gasteiger partial charge in [-0.2, -0.15) is 4.98 Å². The van der Waals surface area contributed by atoms with Crippen LogP contribution in [0.2, 0.25) is 0 Å². The molecule has 1 atom stereocenters. The van der Waals surface area contributed by atoms with Gasteiger partial charge in [0.05, 0.1) is 6.54 Å². The van der Waals surface area contributed by atoms with Gasteiger partial charge in [0.25, 0.3) is 0 Å². The van der Waals surface area contributed by atoms with Gasteiger partial charge in [-0.15, -0.1) is 0 Å². The van der Waals surface area contributed by atoms with Crippen molar-refractivity contribution in [3.8, 4) is 0 Å². The van der Waals surface area contributed by atoms with Gasteiger partial charge in [0.1, 0.15) is 6.10 Å². The predicted octanol–water partition coefficient (Wildman–Crippen LogP) is 2.07. The van der Waals surface area contributed by atoms with Crippen LogP contribution in [-0.4, -0.2) is 52.7 Å². The summed E-state index contributed by atoms with van der Waals surface area (Å²) in [5, 5.41) is 4.02. The van der Waals surface area contributed by atoms with Gasteiger partial charge in [0.15, 0.2) is 5.82 Å². The second kappa shape index (κ2) is 8.42. The number of rotatable bonds is 7. The first kappa shape index (κ1) is 17.8. The summed E-state index contributed by atoms with van der Waals surface area (Å²) in [5.74, 6) is 1.28. The number of aromatic nitrogens is 2. The molecule has 0 saturated carbocycles. The number of benzene rings is 1. The number of nitrogen functional groups attached to an aromatic ring is 1. The molecule has 0 bridgehead atoms. The molecule has 1 aromatic carbocycles. The minimum atomic E-state index is -0.127. The highest BCUT2D eigenvalue weighted by molar-refractivity contribution is 5.40. The monoisotopic (exact) mass is 345 g/mol. The van der Waals surface area contributed by atoms with E-state index in [2.05, 4.69) is 26.0 Å². The molecule has 1 aliphatic rings. The molecule has 25 heavy (non-hydrogen) atoms. The van der Waals surface area contributed by atoms with Gasteiger partial charge in [0, 0.05) is 45.0 Å². The van der Waals surface area contributed by atoms with Gasteiger partial charge >= 0.3 is 0 Å². The number of nitrogens with two attached hydrogens (primary N) is 1. The van der Waals surface area contributed by atoms with E-state index in [1.807, 2.05) is 32.0 Å². The fraction of sp³-hybridized carbons (Fsp3) is 0.556. The third-order valence-corrected chi connectivity index (χ3v) is 4.45. The summed E-state index contributed by atoms with van der Waals surface area (Å²) in [5.41, 5.74) is 7.94. The highest BCUT2D eigenvalue weighted by atomic mass is 16.5. The Balaban J connectivity index is 1.46. The zero-order chi connectivity index (χ0) is 17.6. The molecule has 0 spiro atoms. The zero-order valence-corrected chi connectivity index (χ0v) is 15.0. The lowest BCUT2D eigenvalue weighted by molar-refractivity contribution is 0.0683. The van der Waals surface area contributed by atoms with Crippen LogP contribution in [0.4, 0.5) is 5.69 Å². The van der Waals surface area contributed by atoms with Crippen LogP contribution in [-0.2, 0) is 17.8 Å². The molecule has 1 aliphatic heterocycles. The second-order valence-corrected chi connectivity index (χ2v) is 6.44. The number of ether oxygens (including phenoxy) is 1. The molecule has 1 fully saturated rings. The predicted molar refractivity (Wildman–Crippen MR) is 95.7 cm³/mol. The van der Waals surface area contributed by atoms with E-state index in [0.29, 0.717) is 24.9 Å². The highest BCUT2D eigenvalue weighted by Crippen LogP contribution is 2.15. The van der Waals surface area contributed by atoms with E-state index in [1.165, 1.54) is 5.56 Å². The van der Waals surface area contributed by atoms with Crippen LogP contribution in [0.15, 0.2) is 28.8 Å². The normalized spacial score (nSPS) is 17.7. The van der Waals surface area contributed by atoms with Gasteiger partial charge in [-0.3, -0.25) is 9.80 Å². The van der Waals surface area contributed by atoms with Crippen molar-refractivity contribution in [2.45, 2.75) is 33.0 Å². The molecule has 2 N–H and O–H groups in total. The summed E-state index contributed by atoms with van der Waals surface area (Å²) in [6.45, 7) is 10.2. The van der Waals surface area contributed by atoms with Crippen molar-refractivity contribution in [1.29, 1.82) is 0 Å². The smallest absolute Gasteiger partial charge is 0.240 e. The summed E-state index contributed by atoms with van der Waals surface area (Å²) in [6, 6.07) is 8.11. The van der Waals surface area contributed by atoms with E-state index in [1.54, 1.807) is 0 Å². The van der Waals surface area contributed by atoms with Crippen LogP contribution in [0, 0.1) is 0 Å². The van der Waals surface area contributed by atoms with E-state index in [-0.39, 0.29) is 6.10 Å². The number of nitrogens with zero attached hydrogens (tertiary/aromatic N) is 4. The molecule has 7 nitrogen and oxygen atoms in total. The quantitative estimate of drug-likeness (QED) is 0.769. The van der Waals surface area contributed by atoms with Gasteiger partial charge in [0.2, 0.25) is 5.89 Å². The van der Waals surface area contributed by atoms with Gasteiger partial charge in [-0.1, -0.05) is 17.3 Å². The van der Waals surface area contributed by atoms with Crippen molar-refractivity contribution in [2.24, 2.45) is 0 Å². The molecule has 136 valence electrons. The summed E-state index contributed by atoms with van der Waals surface area (Å²) < 4.78 is 10.9. The maximum absolute atomic E-state index is 5.85. The molecule has 0 radical (unpaired) electrons. The van der Waals surface area contributed by atoms with E-state index in [0.717, 1.165) is 38.4 Å². The molecular formula is C18H27N5O2. The van der Waals surface area contributed by atoms with E-state index in [4.69, 9.17) is 15.0 Å². The third-order valence-electron chi connectivity index (χ3n) is 4.45. The Hall–Kier alpha value is -1.96. The van der Waals surface area contributed by atoms with Crippen LogP contribution < -0.4 is 5.73 Å². The zero-order valence-electron chi connectivity index (χ0n) is 15.0. The SMILES string of the molecule is CCOC(C)c1noc(CN2CCN(Cc3cccc(N)c3)CC2)n1. The molecule has 0 aliphatic carbocycles. The standard InChI is InChI=1S/C18H27N5O2/c1-3-24-14(2)18-20-17(25-21-18)13-23-9-7-22(8-10-23)12-15-5-4-6-16(19)11-15/h4-6,11,14H,3,7-10,12-13,19H2,1-2H3. The molecule has 1 saturated heterocycles. The van der Waals surface area contributed by atoms with Crippen molar-refractivity contribution in [1.82, 2.24) is 19.9 Å². The largest absolute Gasteiger partial charge is 0.399 e. The van der Waals surface area contributed by atoms with Gasteiger partial charge < -0.3 is 15.0 Å². The molecule has 7 heteroatoms. The fourth-order valence-corrected chi connectivity index (χ4v) is 3.07. The molecule has 0 amide bonds. The van der Waals surface area contributed by atoms with E-state index >= 15 is 0 Å². The Morgan fingerprint density at radius 1 is 1.20 bits per heavy atom. The topological polar surface area (TPSA) is 80.7 Å². The summed E-state index contributed by atoms with van der Waals surface area (Å²) >= 11 is 0. The maximum Gasteiger partial charge on any atom is 0.240 e. The summed E-state index contributed by atoms with van der Waals surface area (Å²) in [4.78, 5) is 9.24. The van der Waals surface area contributed by atoms with Crippen molar-refractivity contribution >= 4 is 5.69 Å². The fourth-order valence-electron chi connectivity index (χ4n) is 3.07. The summed E-state index contributed by atoms with van der Waals surface area (Å²) in [6.07, 6.45) is -0.127. The number of anilines is 1. The van der Waals surface area contributed by atoms with Crippen LogP contribution in [0.1, 0.15) is 37.2 Å². The first-order valence-electron chi connectivity index (χ1n) is 8.87. The average Bonchev–Trinajstić information content (AvgIpc) is 3.06. The molecular weight excluding hydrogens is 318 g/mol. The minimum absolute atomic E-state index is 0.127. The molecule has 2 heterocycles. The Morgan fingerprint density at radius 3 is 2.60 bits per heavy atom. The average molecular weight is 345 g/mol. The number of hydrogen-bond donors (Lipinski definition) is 1. The number of piperazine rings is 1. The van der Waals surface area contributed by atoms with Crippen molar-refractivity contribution in [3.63, 3.8) is 0 Å². The van der Waals surface area contributed by atoms with Gasteiger partial charge in [-0.05, 0) is 31.5 Å². The van der Waals surface area contributed by atoms with Crippen LogP contribution in [0.25, 0.3) is 0 Å². The highest BCUT2D eigenvalue weighted by Gasteiger charge is 2.20. The molecule has 2 aromatic rings. The van der Waals surface area contributed by atoms with Crippen molar-refractivity contribution in [2.75, 3.05) is 38.5 Å². The molecule has 1 aromatic heterocycles. The van der Waals surface area contributed by atoms with Crippen LogP contribution >= 0.6 is 0 Å². The molecule has 1 unspecified atom stereocenters. The Labute approximate surface area is 148 Å². The first-order valence-corrected chi connectivity index (χ1v) is 8.87. The first-order chi connectivity index (χ1) is 12.1. The van der Waals surface area contributed by atoms with Gasteiger partial charge in [-0.25, -0.2) is 0 Å². The molecule has 3 rings (SSSR count). The Kier molecular flexibility index (Phi) is 6.01. The second-order valence-electron chi connectivity index (χ2n) is 6.44. The van der Waals surface area contributed by atoms with Crippen LogP contribution in [0.3, 0.4) is 0 Å².